The second-order valence-electron chi connectivity index (χ2n) is 5.05. The molecule has 4 heteroatoms. The smallest absolute Gasteiger partial charge is 0.125 e. The lowest BCUT2D eigenvalue weighted by Crippen LogP contribution is -2.33. The van der Waals surface area contributed by atoms with Crippen molar-refractivity contribution in [1.29, 1.82) is 0 Å². The van der Waals surface area contributed by atoms with Crippen LogP contribution in [-0.4, -0.2) is 24.8 Å². The minimum absolute atomic E-state index is 0.116. The third-order valence-electron chi connectivity index (χ3n) is 3.44. The van der Waals surface area contributed by atoms with E-state index in [0.29, 0.717) is 23.9 Å². The van der Waals surface area contributed by atoms with E-state index in [-0.39, 0.29) is 12.0 Å². The summed E-state index contributed by atoms with van der Waals surface area (Å²) < 4.78 is 5.73. The number of phenols is 1. The predicted octanol–water partition coefficient (Wildman–Crippen LogP) is 3.14. The topological polar surface area (TPSA) is 41.5 Å². The molecule has 2 N–H and O–H groups in total. The van der Waals surface area contributed by atoms with E-state index in [1.165, 1.54) is 0 Å². The number of phenolic OH excluding ortho intramolecular Hbond substituents is 1. The van der Waals surface area contributed by atoms with E-state index in [1.807, 2.05) is 26.8 Å². The molecule has 100 valence electrons. The molecule has 1 aromatic carbocycles. The van der Waals surface area contributed by atoms with Gasteiger partial charge in [0.05, 0.1) is 12.7 Å². The molecule has 0 saturated carbocycles. The summed E-state index contributed by atoms with van der Waals surface area (Å²) in [5.74, 6) is 0.569. The van der Waals surface area contributed by atoms with Crippen molar-refractivity contribution in [3.8, 4) is 5.75 Å². The number of halogens is 1. The molecule has 0 amide bonds. The van der Waals surface area contributed by atoms with Crippen molar-refractivity contribution < 1.29 is 9.84 Å². The Kier molecular flexibility index (Phi) is 4.15. The summed E-state index contributed by atoms with van der Waals surface area (Å²) in [7, 11) is 0. The van der Waals surface area contributed by atoms with Gasteiger partial charge in [0, 0.05) is 23.7 Å². The first kappa shape index (κ1) is 13.7. The van der Waals surface area contributed by atoms with E-state index >= 15 is 0 Å². The number of nitrogens with one attached hydrogen (secondary N) is 1. The van der Waals surface area contributed by atoms with Gasteiger partial charge in [0.25, 0.3) is 0 Å². The average Bonchev–Trinajstić information content (AvgIpc) is 2.35. The van der Waals surface area contributed by atoms with Crippen LogP contribution in [0.4, 0.5) is 0 Å². The Morgan fingerprint density at radius 3 is 2.78 bits per heavy atom. The van der Waals surface area contributed by atoms with Crippen LogP contribution in [0.3, 0.4) is 0 Å². The minimum Gasteiger partial charge on any atom is -0.507 e. The summed E-state index contributed by atoms with van der Waals surface area (Å²) in [6, 6.07) is 1.86. The van der Waals surface area contributed by atoms with Gasteiger partial charge in [0.2, 0.25) is 0 Å². The highest BCUT2D eigenvalue weighted by molar-refractivity contribution is 6.31. The highest BCUT2D eigenvalue weighted by Crippen LogP contribution is 2.40. The first-order chi connectivity index (χ1) is 8.52. The van der Waals surface area contributed by atoms with E-state index in [2.05, 4.69) is 5.32 Å². The van der Waals surface area contributed by atoms with Crippen molar-refractivity contribution in [1.82, 2.24) is 5.32 Å². The molecule has 0 aromatic heterocycles. The van der Waals surface area contributed by atoms with Gasteiger partial charge in [-0.1, -0.05) is 25.4 Å². The van der Waals surface area contributed by atoms with Gasteiger partial charge in [-0.05, 0) is 30.0 Å². The molecule has 18 heavy (non-hydrogen) atoms. The van der Waals surface area contributed by atoms with E-state index < -0.39 is 0 Å². The fraction of sp³-hybridized carbons (Fsp3) is 0.571. The van der Waals surface area contributed by atoms with Gasteiger partial charge >= 0.3 is 0 Å². The van der Waals surface area contributed by atoms with Crippen LogP contribution in [0, 0.1) is 6.92 Å². The van der Waals surface area contributed by atoms with Crippen LogP contribution in [0.5, 0.6) is 5.75 Å². The minimum atomic E-state index is -0.116. The van der Waals surface area contributed by atoms with E-state index in [0.717, 1.165) is 23.2 Å². The maximum Gasteiger partial charge on any atom is 0.125 e. The molecule has 1 saturated heterocycles. The van der Waals surface area contributed by atoms with Gasteiger partial charge in [0.1, 0.15) is 5.75 Å². The molecule has 0 spiro atoms. The molecule has 1 aromatic rings. The molecular weight excluding hydrogens is 250 g/mol. The summed E-state index contributed by atoms with van der Waals surface area (Å²) >= 11 is 6.27. The van der Waals surface area contributed by atoms with Crippen molar-refractivity contribution in [2.45, 2.75) is 32.8 Å². The molecule has 0 bridgehead atoms. The van der Waals surface area contributed by atoms with Gasteiger partial charge in [0.15, 0.2) is 0 Å². The van der Waals surface area contributed by atoms with Gasteiger partial charge in [-0.15, -0.1) is 0 Å². The van der Waals surface area contributed by atoms with E-state index in [4.69, 9.17) is 16.3 Å². The summed E-state index contributed by atoms with van der Waals surface area (Å²) in [5.41, 5.74) is 2.63. The molecule has 1 unspecified atom stereocenters. The third kappa shape index (κ3) is 2.48. The van der Waals surface area contributed by atoms with Gasteiger partial charge in [-0.2, -0.15) is 0 Å². The Labute approximate surface area is 113 Å². The number of hydrogen-bond acceptors (Lipinski definition) is 3. The summed E-state index contributed by atoms with van der Waals surface area (Å²) in [6.45, 7) is 8.25. The van der Waals surface area contributed by atoms with Crippen LogP contribution < -0.4 is 5.32 Å². The number of ether oxygens (including phenoxy) is 1. The first-order valence-corrected chi connectivity index (χ1v) is 6.74. The zero-order chi connectivity index (χ0) is 13.3. The van der Waals surface area contributed by atoms with Crippen molar-refractivity contribution in [3.05, 3.63) is 27.8 Å². The van der Waals surface area contributed by atoms with Crippen LogP contribution >= 0.6 is 11.6 Å². The first-order valence-electron chi connectivity index (χ1n) is 6.36. The summed E-state index contributed by atoms with van der Waals surface area (Å²) in [5, 5.41) is 14.4. The van der Waals surface area contributed by atoms with E-state index in [9.17, 15) is 5.11 Å². The summed E-state index contributed by atoms with van der Waals surface area (Å²) in [4.78, 5) is 0. The Morgan fingerprint density at radius 1 is 1.50 bits per heavy atom. The average molecular weight is 270 g/mol. The number of hydrogen-bond donors (Lipinski definition) is 2. The number of aromatic hydroxyl groups is 1. The number of benzene rings is 1. The number of rotatable bonds is 2. The molecule has 1 fully saturated rings. The maximum atomic E-state index is 10.5. The van der Waals surface area contributed by atoms with Crippen molar-refractivity contribution in [2.24, 2.45) is 0 Å². The second-order valence-corrected chi connectivity index (χ2v) is 5.46. The third-order valence-corrected chi connectivity index (χ3v) is 3.84. The quantitative estimate of drug-likeness (QED) is 0.867. The lowest BCUT2D eigenvalue weighted by Gasteiger charge is -2.27. The Balaban J connectivity index is 2.49. The van der Waals surface area contributed by atoms with Crippen molar-refractivity contribution in [2.75, 3.05) is 19.7 Å². The fourth-order valence-corrected chi connectivity index (χ4v) is 2.58. The zero-order valence-corrected chi connectivity index (χ0v) is 11.8. The predicted molar refractivity (Wildman–Crippen MR) is 73.5 cm³/mol. The highest BCUT2D eigenvalue weighted by atomic mass is 35.5. The Morgan fingerprint density at radius 2 is 2.22 bits per heavy atom. The SMILES string of the molecule is Cc1c(Cl)cc(C(C)C)c(O)c1C1CNCCO1. The lowest BCUT2D eigenvalue weighted by molar-refractivity contribution is 0.0258. The maximum absolute atomic E-state index is 10.5. The second kappa shape index (κ2) is 5.47. The standard InChI is InChI=1S/C14H20ClNO2/c1-8(2)10-6-11(15)9(3)13(14(10)17)12-7-16-4-5-18-12/h6,8,12,16-17H,4-5,7H2,1-3H3. The fourth-order valence-electron chi connectivity index (χ4n) is 2.36. The zero-order valence-electron chi connectivity index (χ0n) is 11.1. The molecule has 0 radical (unpaired) electrons. The molecule has 1 atom stereocenters. The van der Waals surface area contributed by atoms with Crippen LogP contribution in [0.1, 0.15) is 42.6 Å². The van der Waals surface area contributed by atoms with Gasteiger partial charge < -0.3 is 15.2 Å². The van der Waals surface area contributed by atoms with Crippen LogP contribution in [-0.2, 0) is 4.74 Å². The van der Waals surface area contributed by atoms with Crippen LogP contribution in [0.2, 0.25) is 5.02 Å². The summed E-state index contributed by atoms with van der Waals surface area (Å²) in [6.07, 6.45) is -0.116. The Bertz CT molecular complexity index is 440. The molecule has 1 aliphatic heterocycles. The van der Waals surface area contributed by atoms with Crippen molar-refractivity contribution >= 4 is 11.6 Å². The lowest BCUT2D eigenvalue weighted by atomic mass is 9.93. The molecule has 0 aliphatic carbocycles. The van der Waals surface area contributed by atoms with Gasteiger partial charge in [-0.25, -0.2) is 0 Å². The van der Waals surface area contributed by atoms with E-state index in [1.54, 1.807) is 0 Å². The largest absolute Gasteiger partial charge is 0.507 e. The van der Waals surface area contributed by atoms with Crippen LogP contribution in [0.25, 0.3) is 0 Å². The Hall–Kier alpha value is -0.770. The molecule has 1 heterocycles. The highest BCUT2D eigenvalue weighted by Gasteiger charge is 2.25. The molecular formula is C14H20ClNO2. The number of morpholine rings is 1. The molecule has 1 aliphatic rings. The monoisotopic (exact) mass is 269 g/mol. The molecule has 3 nitrogen and oxygen atoms in total. The molecule has 2 rings (SSSR count). The van der Waals surface area contributed by atoms with Gasteiger partial charge in [-0.3, -0.25) is 0 Å². The van der Waals surface area contributed by atoms with Crippen LogP contribution in [0.15, 0.2) is 6.07 Å². The van der Waals surface area contributed by atoms with Crippen molar-refractivity contribution in [3.63, 3.8) is 0 Å². The normalized spacial score (nSPS) is 20.4.